The first-order valence-corrected chi connectivity index (χ1v) is 11.0. The zero-order valence-corrected chi connectivity index (χ0v) is 21.7. The molecule has 0 fully saturated rings. The zero-order chi connectivity index (χ0) is 21.8. The largest absolute Gasteiger partial charge is 0.493 e. The third-order valence-electron chi connectivity index (χ3n) is 4.39. The minimum Gasteiger partial charge on any atom is -0.493 e. The van der Waals surface area contributed by atoms with Gasteiger partial charge in [0.2, 0.25) is 0 Å². The predicted octanol–water partition coefficient (Wildman–Crippen LogP) is 3.43. The fourth-order valence-corrected chi connectivity index (χ4v) is 3.72. The van der Waals surface area contributed by atoms with E-state index < -0.39 is 0 Å². The van der Waals surface area contributed by atoms with Gasteiger partial charge in [0.15, 0.2) is 24.1 Å². The minimum absolute atomic E-state index is 0. The lowest BCUT2D eigenvalue weighted by Crippen LogP contribution is -2.39. The van der Waals surface area contributed by atoms with Crippen LogP contribution in [-0.4, -0.2) is 45.7 Å². The molecule has 1 amide bonds. The van der Waals surface area contributed by atoms with E-state index in [0.29, 0.717) is 30.5 Å². The quantitative estimate of drug-likeness (QED) is 0.223. The molecule has 0 saturated carbocycles. The maximum atomic E-state index is 11.6. The van der Waals surface area contributed by atoms with E-state index in [4.69, 9.17) is 9.47 Å². The van der Waals surface area contributed by atoms with Crippen LogP contribution in [0.5, 0.6) is 11.5 Å². The Morgan fingerprint density at radius 2 is 2.00 bits per heavy atom. The maximum Gasteiger partial charge on any atom is 0.257 e. The van der Waals surface area contributed by atoms with Crippen LogP contribution in [0.3, 0.4) is 0 Å². The van der Waals surface area contributed by atoms with Crippen LogP contribution >= 0.6 is 35.3 Å². The lowest BCUT2D eigenvalue weighted by molar-refractivity contribution is -0.123. The van der Waals surface area contributed by atoms with Crippen LogP contribution in [0.15, 0.2) is 40.7 Å². The molecule has 1 aromatic heterocycles. The van der Waals surface area contributed by atoms with Gasteiger partial charge < -0.3 is 25.4 Å². The van der Waals surface area contributed by atoms with Crippen molar-refractivity contribution < 1.29 is 14.3 Å². The highest BCUT2D eigenvalue weighted by atomic mass is 127. The summed E-state index contributed by atoms with van der Waals surface area (Å²) in [5.74, 6) is 2.23. The summed E-state index contributed by atoms with van der Waals surface area (Å²) in [6, 6.07) is 9.91. The van der Waals surface area contributed by atoms with Gasteiger partial charge in [-0.1, -0.05) is 19.1 Å². The molecule has 172 valence electrons. The summed E-state index contributed by atoms with van der Waals surface area (Å²) in [4.78, 5) is 17.3. The summed E-state index contributed by atoms with van der Waals surface area (Å²) in [6.45, 7) is 6.06. The number of aliphatic imine (C=N–C) groups is 1. The molecule has 2 aromatic rings. The number of carbonyl (C=O) groups excluding carboxylic acids is 1. The monoisotopic (exact) mass is 560 g/mol. The summed E-state index contributed by atoms with van der Waals surface area (Å²) < 4.78 is 11.0. The number of methoxy groups -OCH3 is 1. The standard InChI is InChI=1S/C22H32N4O3S.HI/c1-5-24-21(27)15-29-19-9-8-17(12-20(19)28-4)14-26-22(23-3)25-13-16(2)11-18-7-6-10-30-18;/h6-10,12,16H,5,11,13-15H2,1-4H3,(H,24,27)(H2,23,25,26);1H. The highest BCUT2D eigenvalue weighted by Gasteiger charge is 2.10. The lowest BCUT2D eigenvalue weighted by Gasteiger charge is -2.16. The molecule has 0 aliphatic heterocycles. The van der Waals surface area contributed by atoms with Gasteiger partial charge in [-0.05, 0) is 48.4 Å². The van der Waals surface area contributed by atoms with Gasteiger partial charge in [0.1, 0.15) is 0 Å². The maximum absolute atomic E-state index is 11.6. The van der Waals surface area contributed by atoms with Crippen molar-refractivity contribution in [3.05, 3.63) is 46.2 Å². The molecule has 0 aliphatic carbocycles. The van der Waals surface area contributed by atoms with E-state index in [1.165, 1.54) is 4.88 Å². The van der Waals surface area contributed by atoms with E-state index in [9.17, 15) is 4.79 Å². The fraction of sp³-hybridized carbons (Fsp3) is 0.455. The van der Waals surface area contributed by atoms with E-state index in [2.05, 4.69) is 45.4 Å². The van der Waals surface area contributed by atoms with Gasteiger partial charge in [-0.25, -0.2) is 0 Å². The zero-order valence-electron chi connectivity index (χ0n) is 18.6. The average molecular weight is 561 g/mol. The third-order valence-corrected chi connectivity index (χ3v) is 5.29. The van der Waals surface area contributed by atoms with Gasteiger partial charge in [-0.15, -0.1) is 35.3 Å². The van der Waals surface area contributed by atoms with Gasteiger partial charge in [-0.3, -0.25) is 9.79 Å². The number of rotatable bonds is 11. The smallest absolute Gasteiger partial charge is 0.257 e. The van der Waals surface area contributed by atoms with Crippen molar-refractivity contribution in [2.24, 2.45) is 10.9 Å². The Kier molecular flexibility index (Phi) is 13.0. The lowest BCUT2D eigenvalue weighted by atomic mass is 10.1. The van der Waals surface area contributed by atoms with Crippen molar-refractivity contribution in [1.82, 2.24) is 16.0 Å². The number of ether oxygens (including phenoxy) is 2. The van der Waals surface area contributed by atoms with Crippen LogP contribution in [0.4, 0.5) is 0 Å². The van der Waals surface area contributed by atoms with Crippen LogP contribution in [0.1, 0.15) is 24.3 Å². The van der Waals surface area contributed by atoms with Crippen LogP contribution in [0.25, 0.3) is 0 Å². The summed E-state index contributed by atoms with van der Waals surface area (Å²) >= 11 is 1.79. The molecule has 0 radical (unpaired) electrons. The summed E-state index contributed by atoms with van der Waals surface area (Å²) in [6.07, 6.45) is 1.05. The number of benzene rings is 1. The molecule has 7 nitrogen and oxygen atoms in total. The van der Waals surface area contributed by atoms with Crippen molar-refractivity contribution in [2.75, 3.05) is 33.9 Å². The van der Waals surface area contributed by atoms with E-state index >= 15 is 0 Å². The number of nitrogens with one attached hydrogen (secondary N) is 3. The molecule has 31 heavy (non-hydrogen) atoms. The first-order chi connectivity index (χ1) is 14.5. The number of halogens is 1. The van der Waals surface area contributed by atoms with Gasteiger partial charge in [-0.2, -0.15) is 0 Å². The average Bonchev–Trinajstić information content (AvgIpc) is 3.25. The Hall–Kier alpha value is -2.01. The van der Waals surface area contributed by atoms with Gasteiger partial charge >= 0.3 is 0 Å². The van der Waals surface area contributed by atoms with Crippen LogP contribution in [0.2, 0.25) is 0 Å². The van der Waals surface area contributed by atoms with Gasteiger partial charge in [0, 0.05) is 31.6 Å². The summed E-state index contributed by atoms with van der Waals surface area (Å²) in [7, 11) is 3.35. The molecule has 0 aliphatic rings. The molecule has 9 heteroatoms. The number of hydrogen-bond acceptors (Lipinski definition) is 5. The van der Waals surface area contributed by atoms with Crippen molar-refractivity contribution in [3.63, 3.8) is 0 Å². The second-order valence-corrected chi connectivity index (χ2v) is 7.95. The number of guanidine groups is 1. The van der Waals surface area contributed by atoms with Crippen molar-refractivity contribution in [3.8, 4) is 11.5 Å². The number of nitrogens with zero attached hydrogens (tertiary/aromatic N) is 1. The third kappa shape index (κ3) is 9.77. The molecule has 0 bridgehead atoms. The Bertz CT molecular complexity index is 815. The number of thiophene rings is 1. The normalized spacial score (nSPS) is 11.8. The highest BCUT2D eigenvalue weighted by molar-refractivity contribution is 14.0. The van der Waals surface area contributed by atoms with Crippen molar-refractivity contribution in [2.45, 2.75) is 26.8 Å². The van der Waals surface area contributed by atoms with Crippen LogP contribution in [0, 0.1) is 5.92 Å². The molecule has 1 unspecified atom stereocenters. The molecule has 3 N–H and O–H groups in total. The van der Waals surface area contributed by atoms with E-state index in [0.717, 1.165) is 24.5 Å². The summed E-state index contributed by atoms with van der Waals surface area (Å²) in [5.41, 5.74) is 1.02. The molecule has 0 spiro atoms. The number of likely N-dealkylation sites (N-methyl/N-ethyl adjacent to an activating group) is 1. The van der Waals surface area contributed by atoms with Crippen molar-refractivity contribution >= 4 is 47.2 Å². The Morgan fingerprint density at radius 3 is 2.65 bits per heavy atom. The fourth-order valence-electron chi connectivity index (χ4n) is 2.85. The van der Waals surface area contributed by atoms with Gasteiger partial charge in [0.25, 0.3) is 5.91 Å². The molecule has 1 atom stereocenters. The topological polar surface area (TPSA) is 84.0 Å². The first kappa shape index (κ1) is 27.0. The van der Waals surface area contributed by atoms with E-state index in [-0.39, 0.29) is 36.5 Å². The number of carbonyl (C=O) groups is 1. The van der Waals surface area contributed by atoms with E-state index in [1.54, 1.807) is 25.5 Å². The first-order valence-electron chi connectivity index (χ1n) is 10.1. The molecule has 1 aromatic carbocycles. The number of amides is 1. The predicted molar refractivity (Wildman–Crippen MR) is 138 cm³/mol. The van der Waals surface area contributed by atoms with Crippen LogP contribution < -0.4 is 25.4 Å². The molecule has 0 saturated heterocycles. The highest BCUT2D eigenvalue weighted by Crippen LogP contribution is 2.28. The van der Waals surface area contributed by atoms with E-state index in [1.807, 2.05) is 25.1 Å². The summed E-state index contributed by atoms with van der Waals surface area (Å²) in [5, 5.41) is 11.5. The van der Waals surface area contributed by atoms with Gasteiger partial charge in [0.05, 0.1) is 7.11 Å². The second kappa shape index (κ2) is 14.9. The Labute approximate surface area is 206 Å². The SMILES string of the molecule is CCNC(=O)COc1ccc(CNC(=NC)NCC(C)Cc2cccs2)cc1OC.I. The Balaban J connectivity index is 0.00000480. The molecule has 1 heterocycles. The molecule has 2 rings (SSSR count). The Morgan fingerprint density at radius 1 is 1.19 bits per heavy atom. The molecular formula is C22H33IN4O3S. The van der Waals surface area contributed by atoms with Crippen molar-refractivity contribution in [1.29, 1.82) is 0 Å². The molecular weight excluding hydrogens is 527 g/mol. The minimum atomic E-state index is -0.159. The van der Waals surface area contributed by atoms with Crippen LogP contribution in [-0.2, 0) is 17.8 Å². The second-order valence-electron chi connectivity index (χ2n) is 6.92. The number of hydrogen-bond donors (Lipinski definition) is 3.